The number of carbonyl (C=O) groups is 3. The van der Waals surface area contributed by atoms with Gasteiger partial charge >= 0.3 is 0 Å². The van der Waals surface area contributed by atoms with E-state index in [4.69, 9.17) is 5.73 Å². The van der Waals surface area contributed by atoms with Crippen LogP contribution in [0.5, 0.6) is 0 Å². The van der Waals surface area contributed by atoms with Gasteiger partial charge in [-0.2, -0.15) is 0 Å². The lowest BCUT2D eigenvalue weighted by molar-refractivity contribution is -0.131. The Bertz CT molecular complexity index is 397. The highest BCUT2D eigenvalue weighted by molar-refractivity contribution is 5.90. The van der Waals surface area contributed by atoms with Crippen LogP contribution >= 0.6 is 0 Å². The SMILES string of the molecule is CC(C)C[C@H](NC(=O)[C@@H](N)CC(C)C)C(=O)N[C@H](C=O)[C@@H](C)O. The van der Waals surface area contributed by atoms with E-state index < -0.39 is 30.1 Å². The zero-order chi connectivity index (χ0) is 18.2. The molecule has 0 aliphatic heterocycles. The Labute approximate surface area is 138 Å². The number of carbonyl (C=O) groups excluding carboxylic acids is 3. The van der Waals surface area contributed by atoms with Crippen LogP contribution < -0.4 is 16.4 Å². The number of aldehydes is 1. The number of nitrogens with two attached hydrogens (primary N) is 1. The minimum absolute atomic E-state index is 0.161. The Morgan fingerprint density at radius 2 is 1.52 bits per heavy atom. The van der Waals surface area contributed by atoms with Crippen molar-refractivity contribution in [3.8, 4) is 0 Å². The number of rotatable bonds is 10. The van der Waals surface area contributed by atoms with E-state index in [0.29, 0.717) is 19.1 Å². The monoisotopic (exact) mass is 329 g/mol. The molecule has 7 nitrogen and oxygen atoms in total. The molecule has 0 rings (SSSR count). The van der Waals surface area contributed by atoms with Crippen LogP contribution in [0.4, 0.5) is 0 Å². The highest BCUT2D eigenvalue weighted by Gasteiger charge is 2.27. The average Bonchev–Trinajstić information content (AvgIpc) is 2.41. The molecule has 0 saturated carbocycles. The number of hydrogen-bond acceptors (Lipinski definition) is 5. The molecule has 0 saturated heterocycles. The van der Waals surface area contributed by atoms with Crippen molar-refractivity contribution in [1.82, 2.24) is 10.6 Å². The summed E-state index contributed by atoms with van der Waals surface area (Å²) in [6, 6.07) is -2.48. The minimum Gasteiger partial charge on any atom is -0.391 e. The molecular formula is C16H31N3O4. The number of amides is 2. The second-order valence-electron chi connectivity index (χ2n) is 6.84. The van der Waals surface area contributed by atoms with E-state index in [1.54, 1.807) is 0 Å². The highest BCUT2D eigenvalue weighted by atomic mass is 16.3. The van der Waals surface area contributed by atoms with Gasteiger partial charge in [0.1, 0.15) is 18.4 Å². The normalized spacial score (nSPS) is 16.6. The van der Waals surface area contributed by atoms with E-state index >= 15 is 0 Å². The second-order valence-corrected chi connectivity index (χ2v) is 6.84. The topological polar surface area (TPSA) is 122 Å². The molecule has 23 heavy (non-hydrogen) atoms. The van der Waals surface area contributed by atoms with Crippen molar-refractivity contribution in [3.63, 3.8) is 0 Å². The number of aliphatic hydroxyl groups is 1. The van der Waals surface area contributed by atoms with E-state index in [1.165, 1.54) is 6.92 Å². The zero-order valence-corrected chi connectivity index (χ0v) is 14.7. The molecule has 0 unspecified atom stereocenters. The summed E-state index contributed by atoms with van der Waals surface area (Å²) in [6.07, 6.45) is 0.403. The molecule has 0 aliphatic carbocycles. The quantitative estimate of drug-likeness (QED) is 0.419. The van der Waals surface area contributed by atoms with Crippen molar-refractivity contribution in [1.29, 1.82) is 0 Å². The van der Waals surface area contributed by atoms with Crippen LogP contribution in [0.1, 0.15) is 47.5 Å². The van der Waals surface area contributed by atoms with E-state index in [0.717, 1.165) is 0 Å². The fourth-order valence-electron chi connectivity index (χ4n) is 2.13. The Morgan fingerprint density at radius 1 is 1.00 bits per heavy atom. The number of aliphatic hydroxyl groups excluding tert-OH is 1. The first-order valence-electron chi connectivity index (χ1n) is 8.08. The van der Waals surface area contributed by atoms with Gasteiger partial charge < -0.3 is 26.3 Å². The van der Waals surface area contributed by atoms with Gasteiger partial charge in [-0.1, -0.05) is 27.7 Å². The number of hydrogen-bond donors (Lipinski definition) is 4. The fourth-order valence-corrected chi connectivity index (χ4v) is 2.13. The molecule has 0 heterocycles. The van der Waals surface area contributed by atoms with Gasteiger partial charge in [0.2, 0.25) is 11.8 Å². The van der Waals surface area contributed by atoms with Crippen LogP contribution in [-0.2, 0) is 14.4 Å². The van der Waals surface area contributed by atoms with Crippen molar-refractivity contribution in [2.75, 3.05) is 0 Å². The van der Waals surface area contributed by atoms with Crippen LogP contribution in [0.3, 0.4) is 0 Å². The summed E-state index contributed by atoms with van der Waals surface area (Å²) in [4.78, 5) is 35.3. The maximum Gasteiger partial charge on any atom is 0.243 e. The summed E-state index contributed by atoms with van der Waals surface area (Å²) in [6.45, 7) is 9.18. The van der Waals surface area contributed by atoms with Crippen molar-refractivity contribution in [2.24, 2.45) is 17.6 Å². The lowest BCUT2D eigenvalue weighted by Gasteiger charge is -2.24. The van der Waals surface area contributed by atoms with Crippen LogP contribution in [-0.4, -0.2) is 47.4 Å². The van der Waals surface area contributed by atoms with Crippen LogP contribution in [0.2, 0.25) is 0 Å². The molecule has 7 heteroatoms. The van der Waals surface area contributed by atoms with Crippen LogP contribution in [0.15, 0.2) is 0 Å². The molecule has 0 radical (unpaired) electrons. The molecule has 2 amide bonds. The Hall–Kier alpha value is -1.47. The van der Waals surface area contributed by atoms with E-state index in [2.05, 4.69) is 10.6 Å². The summed E-state index contributed by atoms with van der Waals surface area (Å²) in [5, 5.41) is 14.5. The fraction of sp³-hybridized carbons (Fsp3) is 0.812. The first kappa shape index (κ1) is 21.5. The summed E-state index contributed by atoms with van der Waals surface area (Å²) >= 11 is 0. The molecule has 0 aromatic carbocycles. The average molecular weight is 329 g/mol. The Kier molecular flexibility index (Phi) is 9.67. The molecule has 134 valence electrons. The molecule has 0 aromatic rings. The Morgan fingerprint density at radius 3 is 1.91 bits per heavy atom. The molecule has 0 fully saturated rings. The van der Waals surface area contributed by atoms with Crippen LogP contribution in [0, 0.1) is 11.8 Å². The summed E-state index contributed by atoms with van der Waals surface area (Å²) in [7, 11) is 0. The first-order valence-corrected chi connectivity index (χ1v) is 8.08. The maximum absolute atomic E-state index is 12.3. The van der Waals surface area contributed by atoms with Crippen molar-refractivity contribution in [2.45, 2.75) is 71.7 Å². The van der Waals surface area contributed by atoms with Gasteiger partial charge in [0.25, 0.3) is 0 Å². The lowest BCUT2D eigenvalue weighted by atomic mass is 10.00. The molecule has 0 bridgehead atoms. The van der Waals surface area contributed by atoms with E-state index in [-0.39, 0.29) is 17.7 Å². The summed E-state index contributed by atoms with van der Waals surface area (Å²) in [5.74, 6) is -0.461. The van der Waals surface area contributed by atoms with Gasteiger partial charge in [-0.15, -0.1) is 0 Å². The smallest absolute Gasteiger partial charge is 0.243 e. The third-order valence-electron chi connectivity index (χ3n) is 3.38. The molecule has 4 atom stereocenters. The maximum atomic E-state index is 12.3. The first-order chi connectivity index (χ1) is 10.6. The third-order valence-corrected chi connectivity index (χ3v) is 3.38. The summed E-state index contributed by atoms with van der Waals surface area (Å²) < 4.78 is 0. The van der Waals surface area contributed by atoms with Gasteiger partial charge in [0, 0.05) is 0 Å². The predicted molar refractivity (Wildman–Crippen MR) is 88.5 cm³/mol. The van der Waals surface area contributed by atoms with Crippen molar-refractivity contribution < 1.29 is 19.5 Å². The largest absolute Gasteiger partial charge is 0.391 e. The predicted octanol–water partition coefficient (Wildman–Crippen LogP) is -0.0448. The zero-order valence-electron chi connectivity index (χ0n) is 14.7. The van der Waals surface area contributed by atoms with Gasteiger partial charge in [0.05, 0.1) is 12.1 Å². The second kappa shape index (κ2) is 10.3. The summed E-state index contributed by atoms with van der Waals surface area (Å²) in [5.41, 5.74) is 5.83. The molecule has 0 spiro atoms. The van der Waals surface area contributed by atoms with Gasteiger partial charge in [-0.25, -0.2) is 0 Å². The van der Waals surface area contributed by atoms with Gasteiger partial charge in [-0.05, 0) is 31.6 Å². The van der Waals surface area contributed by atoms with Crippen LogP contribution in [0.25, 0.3) is 0 Å². The molecule has 5 N–H and O–H groups in total. The van der Waals surface area contributed by atoms with E-state index in [9.17, 15) is 19.5 Å². The Balaban J connectivity index is 4.89. The minimum atomic E-state index is -1.00. The lowest BCUT2D eigenvalue weighted by Crippen LogP contribution is -2.55. The standard InChI is InChI=1S/C16H31N3O4/c1-9(2)6-12(17)15(22)18-13(7-10(3)4)16(23)19-14(8-20)11(5)21/h8-14,21H,6-7,17H2,1-5H3,(H,18,22)(H,19,23)/t11-,12+,13+,14-/m1/s1. The third kappa shape index (κ3) is 8.66. The van der Waals surface area contributed by atoms with Crippen molar-refractivity contribution >= 4 is 18.1 Å². The molecular weight excluding hydrogens is 298 g/mol. The highest BCUT2D eigenvalue weighted by Crippen LogP contribution is 2.08. The van der Waals surface area contributed by atoms with E-state index in [1.807, 2.05) is 27.7 Å². The van der Waals surface area contributed by atoms with Crippen molar-refractivity contribution in [3.05, 3.63) is 0 Å². The number of nitrogens with one attached hydrogen (secondary N) is 2. The van der Waals surface area contributed by atoms with Gasteiger partial charge in [0.15, 0.2) is 0 Å². The molecule has 0 aliphatic rings. The van der Waals surface area contributed by atoms with Gasteiger partial charge in [-0.3, -0.25) is 9.59 Å². The molecule has 0 aromatic heterocycles.